The molecule has 2 aromatic heterocycles. The predicted octanol–water partition coefficient (Wildman–Crippen LogP) is 9.44. The number of hydrogen-bond donors (Lipinski definition) is 0. The van der Waals surface area contributed by atoms with Gasteiger partial charge >= 0.3 is 0 Å². The Bertz CT molecular complexity index is 2420. The predicted molar refractivity (Wildman–Crippen MR) is 181 cm³/mol. The Kier molecular flexibility index (Phi) is 5.48. The zero-order valence-corrected chi connectivity index (χ0v) is 24.0. The Morgan fingerprint density at radius 2 is 1.14 bits per heavy atom. The molecule has 3 heteroatoms. The molecule has 3 nitrogen and oxygen atoms in total. The fraction of sp³-hybridized carbons (Fsp3) is 0.0488. The van der Waals surface area contributed by atoms with Gasteiger partial charge in [-0.3, -0.25) is 9.36 Å². The average molecular weight is 565 g/mol. The van der Waals surface area contributed by atoms with E-state index >= 15 is 0 Å². The molecule has 8 aromatic rings. The standard InChI is InChI=1S/C41H28N2O/c44-41-39-33-22-12-13-23-37(33)42(29-16-6-2-7-17-29)40(39)36-26-35-28(25-38(36)43(41)30-18-8-3-9-19-30)24-34(27-14-4-1-5-15-27)31-20-10-11-21-32(31)35/h1-23,25-26,34H,24H2. The summed E-state index contributed by atoms with van der Waals surface area (Å²) in [5, 5.41) is 2.77. The molecule has 1 unspecified atom stereocenters. The lowest BCUT2D eigenvalue weighted by atomic mass is 9.75. The summed E-state index contributed by atoms with van der Waals surface area (Å²) in [6.07, 6.45) is 0.870. The van der Waals surface area contributed by atoms with Gasteiger partial charge in [-0.2, -0.15) is 0 Å². The molecule has 0 spiro atoms. The number of rotatable bonds is 3. The topological polar surface area (TPSA) is 26.9 Å². The molecule has 0 fully saturated rings. The molecule has 0 radical (unpaired) electrons. The molecular formula is C41H28N2O. The van der Waals surface area contributed by atoms with Gasteiger partial charge in [0.15, 0.2) is 0 Å². The van der Waals surface area contributed by atoms with Crippen molar-refractivity contribution in [2.24, 2.45) is 0 Å². The van der Waals surface area contributed by atoms with Crippen LogP contribution < -0.4 is 5.56 Å². The molecule has 2 heterocycles. The van der Waals surface area contributed by atoms with Gasteiger partial charge in [0.05, 0.1) is 21.9 Å². The fourth-order valence-electron chi connectivity index (χ4n) is 7.40. The van der Waals surface area contributed by atoms with Gasteiger partial charge in [0, 0.05) is 28.1 Å². The summed E-state index contributed by atoms with van der Waals surface area (Å²) in [5.41, 5.74) is 11.2. The first-order valence-corrected chi connectivity index (χ1v) is 15.2. The highest BCUT2D eigenvalue weighted by Gasteiger charge is 2.28. The third kappa shape index (κ3) is 3.59. The van der Waals surface area contributed by atoms with Crippen LogP contribution in [0.1, 0.15) is 22.6 Å². The second-order valence-electron chi connectivity index (χ2n) is 11.7. The normalized spacial score (nSPS) is 14.1. The van der Waals surface area contributed by atoms with E-state index in [2.05, 4.69) is 114 Å². The van der Waals surface area contributed by atoms with Crippen molar-refractivity contribution in [3.8, 4) is 22.5 Å². The Morgan fingerprint density at radius 3 is 1.89 bits per heavy atom. The molecule has 1 atom stereocenters. The maximum Gasteiger partial charge on any atom is 0.265 e. The maximum atomic E-state index is 14.8. The third-order valence-corrected chi connectivity index (χ3v) is 9.29. The van der Waals surface area contributed by atoms with E-state index in [1.165, 1.54) is 27.8 Å². The number of benzene rings is 6. The Balaban J connectivity index is 1.47. The molecule has 0 saturated heterocycles. The van der Waals surface area contributed by atoms with Gasteiger partial charge in [-0.25, -0.2) is 0 Å². The summed E-state index contributed by atoms with van der Waals surface area (Å²) in [7, 11) is 0. The molecule has 0 amide bonds. The lowest BCUT2D eigenvalue weighted by molar-refractivity contribution is 0.794. The molecule has 1 aliphatic carbocycles. The van der Waals surface area contributed by atoms with Crippen LogP contribution in [-0.4, -0.2) is 9.13 Å². The number of pyridine rings is 1. The average Bonchev–Trinajstić information content (AvgIpc) is 3.44. The van der Waals surface area contributed by atoms with E-state index in [9.17, 15) is 4.79 Å². The van der Waals surface area contributed by atoms with E-state index in [4.69, 9.17) is 0 Å². The quantitative estimate of drug-likeness (QED) is 0.210. The first-order valence-electron chi connectivity index (χ1n) is 15.2. The van der Waals surface area contributed by atoms with E-state index in [1.54, 1.807) is 0 Å². The van der Waals surface area contributed by atoms with Crippen molar-refractivity contribution in [3.63, 3.8) is 0 Å². The molecular weight excluding hydrogens is 536 g/mol. The lowest BCUT2D eigenvalue weighted by Crippen LogP contribution is -2.20. The molecule has 0 aliphatic heterocycles. The van der Waals surface area contributed by atoms with Gasteiger partial charge in [0.2, 0.25) is 0 Å². The van der Waals surface area contributed by atoms with Gasteiger partial charge in [-0.1, -0.05) is 109 Å². The van der Waals surface area contributed by atoms with Crippen molar-refractivity contribution in [2.45, 2.75) is 12.3 Å². The van der Waals surface area contributed by atoms with Crippen molar-refractivity contribution in [3.05, 3.63) is 179 Å². The third-order valence-electron chi connectivity index (χ3n) is 9.29. The summed E-state index contributed by atoms with van der Waals surface area (Å²) in [4.78, 5) is 14.8. The second-order valence-corrected chi connectivity index (χ2v) is 11.7. The summed E-state index contributed by atoms with van der Waals surface area (Å²) >= 11 is 0. The molecule has 0 N–H and O–H groups in total. The number of aromatic nitrogens is 2. The monoisotopic (exact) mass is 564 g/mol. The van der Waals surface area contributed by atoms with Crippen LogP contribution in [-0.2, 0) is 6.42 Å². The van der Waals surface area contributed by atoms with Crippen LogP contribution in [0.15, 0.2) is 156 Å². The van der Waals surface area contributed by atoms with E-state index in [0.29, 0.717) is 0 Å². The van der Waals surface area contributed by atoms with Crippen LogP contribution in [0.25, 0.3) is 55.2 Å². The summed E-state index contributed by atoms with van der Waals surface area (Å²) < 4.78 is 4.20. The van der Waals surface area contributed by atoms with Gasteiger partial charge in [0.1, 0.15) is 0 Å². The van der Waals surface area contributed by atoms with Crippen LogP contribution in [0, 0.1) is 0 Å². The van der Waals surface area contributed by atoms with Gasteiger partial charge < -0.3 is 4.57 Å². The first kappa shape index (κ1) is 24.9. The largest absolute Gasteiger partial charge is 0.308 e. The molecule has 0 saturated carbocycles. The zero-order chi connectivity index (χ0) is 29.2. The molecule has 6 aromatic carbocycles. The highest BCUT2D eigenvalue weighted by Crippen LogP contribution is 2.45. The molecule has 1 aliphatic rings. The Morgan fingerprint density at radius 1 is 0.523 bits per heavy atom. The fourth-order valence-corrected chi connectivity index (χ4v) is 7.40. The van der Waals surface area contributed by atoms with Gasteiger partial charge in [-0.05, 0) is 76.7 Å². The van der Waals surface area contributed by atoms with Crippen molar-refractivity contribution >= 4 is 32.7 Å². The first-order chi connectivity index (χ1) is 21.8. The summed E-state index contributed by atoms with van der Waals surface area (Å²) in [6.45, 7) is 0. The van der Waals surface area contributed by atoms with E-state index in [-0.39, 0.29) is 11.5 Å². The number of fused-ring (bicyclic) bond motifs is 8. The minimum absolute atomic E-state index is 0.000324. The van der Waals surface area contributed by atoms with Crippen LogP contribution in [0.2, 0.25) is 0 Å². The van der Waals surface area contributed by atoms with E-state index in [0.717, 1.165) is 50.5 Å². The van der Waals surface area contributed by atoms with Crippen molar-refractivity contribution < 1.29 is 0 Å². The molecule has 0 bridgehead atoms. The smallest absolute Gasteiger partial charge is 0.265 e. The van der Waals surface area contributed by atoms with Crippen LogP contribution in [0.4, 0.5) is 0 Å². The zero-order valence-electron chi connectivity index (χ0n) is 24.0. The number of para-hydroxylation sites is 3. The van der Waals surface area contributed by atoms with Crippen LogP contribution >= 0.6 is 0 Å². The SMILES string of the molecule is O=c1c2c3ccccc3n(-c3ccccc3)c2c2cc3c(cc2n1-c1ccccc1)CC(c1ccccc1)c1ccccc1-3. The van der Waals surface area contributed by atoms with E-state index in [1.807, 2.05) is 47.0 Å². The Labute approximate surface area is 254 Å². The maximum absolute atomic E-state index is 14.8. The van der Waals surface area contributed by atoms with Crippen molar-refractivity contribution in [1.82, 2.24) is 9.13 Å². The Hall–Kier alpha value is -5.67. The molecule has 9 rings (SSSR count). The highest BCUT2D eigenvalue weighted by atomic mass is 16.1. The summed E-state index contributed by atoms with van der Waals surface area (Å²) in [5.74, 6) is 0.244. The van der Waals surface area contributed by atoms with Crippen molar-refractivity contribution in [1.29, 1.82) is 0 Å². The number of nitrogens with zero attached hydrogens (tertiary/aromatic N) is 2. The van der Waals surface area contributed by atoms with Crippen LogP contribution in [0.5, 0.6) is 0 Å². The van der Waals surface area contributed by atoms with Gasteiger partial charge in [0.25, 0.3) is 5.56 Å². The van der Waals surface area contributed by atoms with Crippen LogP contribution in [0.3, 0.4) is 0 Å². The van der Waals surface area contributed by atoms with E-state index < -0.39 is 0 Å². The van der Waals surface area contributed by atoms with Crippen molar-refractivity contribution in [2.75, 3.05) is 0 Å². The summed E-state index contributed by atoms with van der Waals surface area (Å²) in [6, 6.07) is 53.0. The minimum Gasteiger partial charge on any atom is -0.308 e. The molecule has 44 heavy (non-hydrogen) atoms. The number of hydrogen-bond acceptors (Lipinski definition) is 1. The second kappa shape index (κ2) is 9.68. The minimum atomic E-state index is 0.000324. The lowest BCUT2D eigenvalue weighted by Gasteiger charge is -2.29. The molecule has 208 valence electrons. The highest BCUT2D eigenvalue weighted by molar-refractivity contribution is 6.18. The van der Waals surface area contributed by atoms with Gasteiger partial charge in [-0.15, -0.1) is 0 Å².